The zero-order valence-electron chi connectivity index (χ0n) is 30.0. The van der Waals surface area contributed by atoms with Gasteiger partial charge in [-0.05, 0) is 54.0 Å². The van der Waals surface area contributed by atoms with E-state index in [2.05, 4.69) is 5.32 Å². The normalized spacial score (nSPS) is 22.8. The van der Waals surface area contributed by atoms with Gasteiger partial charge in [0.2, 0.25) is 12.2 Å². The number of hydrogen-bond acceptors (Lipinski definition) is 12. The van der Waals surface area contributed by atoms with Crippen LogP contribution in [-0.2, 0) is 64.2 Å². The second kappa shape index (κ2) is 18.7. The third kappa shape index (κ3) is 10.2. The van der Waals surface area contributed by atoms with Gasteiger partial charge >= 0.3 is 17.9 Å². The molecule has 7 atom stereocenters. The smallest absolute Gasteiger partial charge is 0.338 e. The Hall–Kier alpha value is -5.44. The average molecular weight is 753 g/mol. The second-order valence-electron chi connectivity index (χ2n) is 13.5. The van der Waals surface area contributed by atoms with E-state index in [1.54, 1.807) is 42.5 Å². The molecule has 0 aromatic heterocycles. The summed E-state index contributed by atoms with van der Waals surface area (Å²) in [5.41, 5.74) is 3.70. The van der Waals surface area contributed by atoms with E-state index in [0.29, 0.717) is 36.9 Å². The first kappa shape index (κ1) is 39.3. The standard InChI is InChI=1S/C42H44N2O11/c45-34(54-42-37(48)35(46)36(47)38(55-42)41(51)53-26-29-16-8-3-9-17-29)24-44-33-19-11-10-18-30(33)21-23-31(39(44)49)43-32(22-20-27-12-4-1-5-13-27)40(50)52-25-28-14-6-2-7-15-28/h1-19,31-32,35-38,42-43,46-48H,20-26H2/t31-,32+,35?,36+,37+,38?,42-/m0/s1. The highest BCUT2D eigenvalue weighted by Crippen LogP contribution is 2.29. The number of nitrogens with zero attached hydrogens (tertiary/aromatic N) is 1. The van der Waals surface area contributed by atoms with Gasteiger partial charge in [0.1, 0.15) is 44.1 Å². The number of carbonyl (C=O) groups excluding carboxylic acids is 4. The van der Waals surface area contributed by atoms with Gasteiger partial charge in [-0.25, -0.2) is 4.79 Å². The van der Waals surface area contributed by atoms with Crippen molar-refractivity contribution >= 4 is 29.5 Å². The van der Waals surface area contributed by atoms with Crippen molar-refractivity contribution < 1.29 is 53.4 Å². The topological polar surface area (TPSA) is 181 Å². The van der Waals surface area contributed by atoms with E-state index >= 15 is 0 Å². The quantitative estimate of drug-likeness (QED) is 0.109. The Bertz CT molecular complexity index is 1900. The van der Waals surface area contributed by atoms with Crippen LogP contribution in [0.25, 0.3) is 0 Å². The predicted octanol–water partition coefficient (Wildman–Crippen LogP) is 2.76. The molecule has 55 heavy (non-hydrogen) atoms. The number of anilines is 1. The summed E-state index contributed by atoms with van der Waals surface area (Å²) < 4.78 is 21.9. The van der Waals surface area contributed by atoms with Gasteiger partial charge < -0.3 is 34.3 Å². The third-order valence-electron chi connectivity index (χ3n) is 9.58. The molecule has 4 aromatic rings. The number of aryl methyl sites for hydroxylation is 2. The van der Waals surface area contributed by atoms with Gasteiger partial charge in [-0.3, -0.25) is 24.6 Å². The van der Waals surface area contributed by atoms with Crippen LogP contribution in [0, 0.1) is 0 Å². The van der Waals surface area contributed by atoms with Crippen molar-refractivity contribution in [2.75, 3.05) is 11.4 Å². The number of para-hydroxylation sites is 1. The molecular weight excluding hydrogens is 708 g/mol. The summed E-state index contributed by atoms with van der Waals surface area (Å²) >= 11 is 0. The van der Waals surface area contributed by atoms with Crippen LogP contribution in [0.4, 0.5) is 5.69 Å². The van der Waals surface area contributed by atoms with Gasteiger partial charge in [0, 0.05) is 5.69 Å². The van der Waals surface area contributed by atoms with Crippen LogP contribution < -0.4 is 10.2 Å². The first-order valence-corrected chi connectivity index (χ1v) is 18.2. The fraction of sp³-hybridized carbons (Fsp3) is 0.333. The van der Waals surface area contributed by atoms with Gasteiger partial charge in [-0.2, -0.15) is 0 Å². The Morgan fingerprint density at radius 2 is 1.33 bits per heavy atom. The number of benzene rings is 4. The van der Waals surface area contributed by atoms with Crippen molar-refractivity contribution in [2.24, 2.45) is 0 Å². The van der Waals surface area contributed by atoms with Crippen LogP contribution in [0.5, 0.6) is 0 Å². The summed E-state index contributed by atoms with van der Waals surface area (Å²) in [6.07, 6.45) is -7.80. The summed E-state index contributed by atoms with van der Waals surface area (Å²) in [5, 5.41) is 35.0. The number of carbonyl (C=O) groups is 4. The molecule has 2 aliphatic rings. The van der Waals surface area contributed by atoms with E-state index in [9.17, 15) is 34.5 Å². The van der Waals surface area contributed by atoms with E-state index in [1.165, 1.54) is 4.90 Å². The zero-order valence-corrected chi connectivity index (χ0v) is 30.0. The highest BCUT2D eigenvalue weighted by atomic mass is 16.7. The lowest BCUT2D eigenvalue weighted by atomic mass is 9.99. The number of ether oxygens (including phenoxy) is 4. The van der Waals surface area contributed by atoms with Gasteiger partial charge in [0.05, 0.1) is 6.04 Å². The molecule has 288 valence electrons. The number of nitrogens with one attached hydrogen (secondary N) is 1. The van der Waals surface area contributed by atoms with E-state index in [1.807, 2.05) is 72.8 Å². The predicted molar refractivity (Wildman–Crippen MR) is 198 cm³/mol. The molecule has 2 heterocycles. The Morgan fingerprint density at radius 1 is 0.745 bits per heavy atom. The number of aliphatic hydroxyl groups is 3. The minimum atomic E-state index is -1.93. The molecule has 0 aliphatic carbocycles. The van der Waals surface area contributed by atoms with E-state index in [0.717, 1.165) is 16.7 Å². The van der Waals surface area contributed by atoms with Crippen LogP contribution in [0.1, 0.15) is 35.1 Å². The molecule has 2 aliphatic heterocycles. The largest absolute Gasteiger partial charge is 0.460 e. The van der Waals surface area contributed by atoms with Gasteiger partial charge in [0.25, 0.3) is 0 Å². The van der Waals surface area contributed by atoms with E-state index in [4.69, 9.17) is 18.9 Å². The van der Waals surface area contributed by atoms with Crippen LogP contribution >= 0.6 is 0 Å². The molecule has 4 aromatic carbocycles. The first-order valence-electron chi connectivity index (χ1n) is 18.2. The molecule has 13 nitrogen and oxygen atoms in total. The maximum absolute atomic E-state index is 14.3. The van der Waals surface area contributed by atoms with Crippen molar-refractivity contribution in [1.29, 1.82) is 0 Å². The molecule has 0 saturated carbocycles. The van der Waals surface area contributed by atoms with E-state index < -0.39 is 73.1 Å². The molecule has 0 bridgehead atoms. The Kier molecular flexibility index (Phi) is 13.4. The first-order chi connectivity index (χ1) is 26.7. The minimum Gasteiger partial charge on any atom is -0.460 e. The summed E-state index contributed by atoms with van der Waals surface area (Å²) in [6.45, 7) is -0.744. The lowest BCUT2D eigenvalue weighted by Gasteiger charge is -2.38. The minimum absolute atomic E-state index is 0.0532. The highest BCUT2D eigenvalue weighted by Gasteiger charge is 2.49. The number of esters is 3. The number of hydrogen-bond donors (Lipinski definition) is 4. The molecule has 2 unspecified atom stereocenters. The van der Waals surface area contributed by atoms with Crippen LogP contribution in [-0.4, -0.2) is 88.5 Å². The van der Waals surface area contributed by atoms with Gasteiger partial charge in [0.15, 0.2) is 6.10 Å². The lowest BCUT2D eigenvalue weighted by molar-refractivity contribution is -0.287. The van der Waals surface area contributed by atoms with Crippen LogP contribution in [0.3, 0.4) is 0 Å². The highest BCUT2D eigenvalue weighted by molar-refractivity contribution is 6.02. The Morgan fingerprint density at radius 3 is 1.98 bits per heavy atom. The number of fused-ring (bicyclic) bond motifs is 1. The molecule has 4 N–H and O–H groups in total. The van der Waals surface area contributed by atoms with Crippen LogP contribution in [0.2, 0.25) is 0 Å². The van der Waals surface area contributed by atoms with Crippen molar-refractivity contribution in [2.45, 2.75) is 81.7 Å². The molecule has 6 rings (SSSR count). The molecular formula is C42H44N2O11. The SMILES string of the molecule is O=C(CN1C(=O)[C@@H](N[C@H](CCc2ccccc2)C(=O)OCc2ccccc2)CCc2ccccc21)O[C@H]1OC(C(=O)OCc2ccccc2)[C@H](O)C(O)[C@H]1O. The van der Waals surface area contributed by atoms with Gasteiger partial charge in [-0.15, -0.1) is 0 Å². The van der Waals surface area contributed by atoms with Crippen molar-refractivity contribution in [1.82, 2.24) is 5.32 Å². The van der Waals surface area contributed by atoms with Crippen molar-refractivity contribution in [3.05, 3.63) is 138 Å². The molecule has 0 radical (unpaired) electrons. The molecule has 1 amide bonds. The number of amides is 1. The summed E-state index contributed by atoms with van der Waals surface area (Å²) in [7, 11) is 0. The number of rotatable bonds is 14. The fourth-order valence-electron chi connectivity index (χ4n) is 6.58. The molecule has 13 heteroatoms. The van der Waals surface area contributed by atoms with Crippen LogP contribution in [0.15, 0.2) is 115 Å². The Labute approximate surface area is 318 Å². The number of aliphatic hydroxyl groups excluding tert-OH is 3. The van der Waals surface area contributed by atoms with Crippen molar-refractivity contribution in [3.63, 3.8) is 0 Å². The molecule has 1 saturated heterocycles. The monoisotopic (exact) mass is 752 g/mol. The second-order valence-corrected chi connectivity index (χ2v) is 13.5. The fourth-order valence-corrected chi connectivity index (χ4v) is 6.58. The van der Waals surface area contributed by atoms with E-state index in [-0.39, 0.29) is 13.2 Å². The molecule has 0 spiro atoms. The van der Waals surface area contributed by atoms with Gasteiger partial charge in [-0.1, -0.05) is 109 Å². The third-order valence-corrected chi connectivity index (χ3v) is 9.58. The average Bonchev–Trinajstić information content (AvgIpc) is 3.34. The summed E-state index contributed by atoms with van der Waals surface area (Å²) in [5.74, 6) is -3.11. The molecule has 1 fully saturated rings. The Balaban J connectivity index is 1.15. The lowest BCUT2D eigenvalue weighted by Crippen LogP contribution is -2.61. The maximum atomic E-state index is 14.3. The summed E-state index contributed by atoms with van der Waals surface area (Å²) in [6, 6.07) is 32.9. The van der Waals surface area contributed by atoms with Crippen molar-refractivity contribution in [3.8, 4) is 0 Å². The maximum Gasteiger partial charge on any atom is 0.338 e. The zero-order chi connectivity index (χ0) is 38.7. The summed E-state index contributed by atoms with van der Waals surface area (Å²) in [4.78, 5) is 55.5.